The number of benzene rings is 2. The Morgan fingerprint density at radius 3 is 2.30 bits per heavy atom. The van der Waals surface area contributed by atoms with Gasteiger partial charge in [-0.15, -0.1) is 23.1 Å². The van der Waals surface area contributed by atoms with E-state index in [1.54, 1.807) is 41.8 Å². The Kier molecular flexibility index (Phi) is 6.20. The number of aryl methyl sites for hydroxylation is 1. The first-order valence-electron chi connectivity index (χ1n) is 8.08. The fraction of sp³-hybridized carbons (Fsp3) is 0.105. The van der Waals surface area contributed by atoms with Crippen LogP contribution in [0.5, 0.6) is 0 Å². The Labute approximate surface area is 166 Å². The van der Waals surface area contributed by atoms with Gasteiger partial charge in [-0.25, -0.2) is 8.42 Å². The SMILES string of the molecule is Cc1ccc(NC(=O)CSc2ccc(NS(=O)(=O)c3cccs3)cc2)cc1. The van der Waals surface area contributed by atoms with E-state index in [0.717, 1.165) is 16.1 Å². The number of sulfonamides is 1. The summed E-state index contributed by atoms with van der Waals surface area (Å²) < 4.78 is 27.2. The minimum atomic E-state index is -3.55. The van der Waals surface area contributed by atoms with Crippen molar-refractivity contribution in [3.63, 3.8) is 0 Å². The zero-order valence-electron chi connectivity index (χ0n) is 14.5. The Hall–Kier alpha value is -2.29. The first-order chi connectivity index (χ1) is 12.9. The summed E-state index contributed by atoms with van der Waals surface area (Å²) in [5.74, 6) is 0.181. The lowest BCUT2D eigenvalue weighted by molar-refractivity contribution is -0.113. The Morgan fingerprint density at radius 1 is 1.00 bits per heavy atom. The van der Waals surface area contributed by atoms with Gasteiger partial charge in [-0.2, -0.15) is 0 Å². The van der Waals surface area contributed by atoms with Gasteiger partial charge in [0, 0.05) is 16.3 Å². The van der Waals surface area contributed by atoms with E-state index in [1.165, 1.54) is 23.1 Å². The summed E-state index contributed by atoms with van der Waals surface area (Å²) in [6, 6.07) is 17.8. The third-order valence-corrected chi connectivity index (χ3v) is 7.36. The van der Waals surface area contributed by atoms with Gasteiger partial charge in [0.2, 0.25) is 5.91 Å². The first kappa shape index (κ1) is 19.5. The number of carbonyl (C=O) groups is 1. The van der Waals surface area contributed by atoms with Crippen LogP contribution in [0.2, 0.25) is 0 Å². The van der Waals surface area contributed by atoms with E-state index >= 15 is 0 Å². The molecule has 1 amide bonds. The number of thioether (sulfide) groups is 1. The topological polar surface area (TPSA) is 75.3 Å². The van der Waals surface area contributed by atoms with Crippen molar-refractivity contribution < 1.29 is 13.2 Å². The third-order valence-electron chi connectivity index (χ3n) is 3.57. The van der Waals surface area contributed by atoms with Gasteiger partial charge < -0.3 is 5.32 Å². The highest BCUT2D eigenvalue weighted by molar-refractivity contribution is 8.00. The fourth-order valence-corrected chi connectivity index (χ4v) is 4.97. The normalized spacial score (nSPS) is 11.1. The summed E-state index contributed by atoms with van der Waals surface area (Å²) >= 11 is 2.55. The summed E-state index contributed by atoms with van der Waals surface area (Å²) in [5, 5.41) is 4.57. The van der Waals surface area contributed by atoms with Crippen LogP contribution >= 0.6 is 23.1 Å². The summed E-state index contributed by atoms with van der Waals surface area (Å²) in [5.41, 5.74) is 2.39. The average Bonchev–Trinajstić information content (AvgIpc) is 3.19. The predicted molar refractivity (Wildman–Crippen MR) is 112 cm³/mol. The van der Waals surface area contributed by atoms with E-state index in [2.05, 4.69) is 10.0 Å². The van der Waals surface area contributed by atoms with Crippen molar-refractivity contribution in [1.29, 1.82) is 0 Å². The molecule has 0 atom stereocenters. The molecular formula is C19H18N2O3S3. The number of nitrogens with one attached hydrogen (secondary N) is 2. The molecule has 1 aromatic heterocycles. The van der Waals surface area contributed by atoms with Gasteiger partial charge in [0.15, 0.2) is 0 Å². The van der Waals surface area contributed by atoms with Crippen LogP contribution in [0.25, 0.3) is 0 Å². The van der Waals surface area contributed by atoms with E-state index in [9.17, 15) is 13.2 Å². The molecule has 0 spiro atoms. The van der Waals surface area contributed by atoms with Crippen LogP contribution in [0.3, 0.4) is 0 Å². The molecule has 27 heavy (non-hydrogen) atoms. The van der Waals surface area contributed by atoms with Gasteiger partial charge >= 0.3 is 0 Å². The lowest BCUT2D eigenvalue weighted by Gasteiger charge is -2.08. The summed E-state index contributed by atoms with van der Waals surface area (Å²) in [7, 11) is -3.55. The number of thiophene rings is 1. The van der Waals surface area contributed by atoms with Crippen molar-refractivity contribution in [3.05, 3.63) is 71.6 Å². The van der Waals surface area contributed by atoms with E-state index < -0.39 is 10.0 Å². The minimum Gasteiger partial charge on any atom is -0.325 e. The summed E-state index contributed by atoms with van der Waals surface area (Å²) in [4.78, 5) is 12.9. The molecule has 0 aliphatic rings. The highest BCUT2D eigenvalue weighted by atomic mass is 32.2. The van der Waals surface area contributed by atoms with Crippen LogP contribution in [0, 0.1) is 6.92 Å². The molecule has 3 aromatic rings. The smallest absolute Gasteiger partial charge is 0.271 e. The Bertz CT molecular complexity index is 997. The number of hydrogen-bond acceptors (Lipinski definition) is 5. The van der Waals surface area contributed by atoms with Gasteiger partial charge in [-0.1, -0.05) is 23.8 Å². The maximum Gasteiger partial charge on any atom is 0.271 e. The van der Waals surface area contributed by atoms with Gasteiger partial charge in [0.25, 0.3) is 10.0 Å². The standard InChI is InChI=1S/C19H18N2O3S3/c1-14-4-6-15(7-5-14)20-18(22)13-26-17-10-8-16(9-11-17)21-27(23,24)19-3-2-12-25-19/h2-12,21H,13H2,1H3,(H,20,22). The number of anilines is 2. The largest absolute Gasteiger partial charge is 0.325 e. The maximum absolute atomic E-state index is 12.2. The highest BCUT2D eigenvalue weighted by Crippen LogP contribution is 2.24. The van der Waals surface area contributed by atoms with E-state index in [-0.39, 0.29) is 15.9 Å². The number of rotatable bonds is 7. The lowest BCUT2D eigenvalue weighted by Crippen LogP contribution is -2.13. The molecule has 0 bridgehead atoms. The molecule has 0 aliphatic heterocycles. The molecule has 0 unspecified atom stereocenters. The summed E-state index contributed by atoms with van der Waals surface area (Å²) in [6.07, 6.45) is 0. The zero-order valence-corrected chi connectivity index (χ0v) is 17.0. The second-order valence-corrected chi connectivity index (χ2v) is 9.67. The van der Waals surface area contributed by atoms with Crippen LogP contribution in [0.1, 0.15) is 5.56 Å². The molecule has 0 radical (unpaired) electrons. The molecule has 8 heteroatoms. The van der Waals surface area contributed by atoms with Crippen molar-refractivity contribution in [2.24, 2.45) is 0 Å². The molecule has 0 fully saturated rings. The van der Waals surface area contributed by atoms with Crippen molar-refractivity contribution in [1.82, 2.24) is 0 Å². The molecule has 2 N–H and O–H groups in total. The molecule has 0 saturated heterocycles. The number of hydrogen-bond donors (Lipinski definition) is 2. The second-order valence-electron chi connectivity index (χ2n) is 5.76. The molecule has 0 saturated carbocycles. The van der Waals surface area contributed by atoms with Gasteiger partial charge in [-0.3, -0.25) is 9.52 Å². The molecular weight excluding hydrogens is 400 g/mol. The third kappa shape index (κ3) is 5.59. The molecule has 3 rings (SSSR count). The Balaban J connectivity index is 1.53. The van der Waals surface area contributed by atoms with Gasteiger partial charge in [0.05, 0.1) is 5.75 Å². The van der Waals surface area contributed by atoms with Crippen LogP contribution in [0.4, 0.5) is 11.4 Å². The predicted octanol–water partition coefficient (Wildman–Crippen LogP) is 4.59. The Morgan fingerprint density at radius 2 is 1.67 bits per heavy atom. The average molecular weight is 419 g/mol. The van der Waals surface area contributed by atoms with Gasteiger partial charge in [-0.05, 0) is 54.8 Å². The van der Waals surface area contributed by atoms with Crippen LogP contribution < -0.4 is 10.0 Å². The second kappa shape index (κ2) is 8.60. The quantitative estimate of drug-likeness (QED) is 0.551. The van der Waals surface area contributed by atoms with Crippen molar-refractivity contribution in [2.45, 2.75) is 16.0 Å². The van der Waals surface area contributed by atoms with Crippen molar-refractivity contribution >= 4 is 50.4 Å². The molecule has 0 aliphatic carbocycles. The zero-order chi connectivity index (χ0) is 19.3. The summed E-state index contributed by atoms with van der Waals surface area (Å²) in [6.45, 7) is 1.99. The fourth-order valence-electron chi connectivity index (χ4n) is 2.22. The molecule has 2 aromatic carbocycles. The maximum atomic E-state index is 12.2. The van der Waals surface area contributed by atoms with Crippen LogP contribution in [-0.4, -0.2) is 20.1 Å². The van der Waals surface area contributed by atoms with E-state index in [1.807, 2.05) is 31.2 Å². The molecule has 140 valence electrons. The van der Waals surface area contributed by atoms with Crippen LogP contribution in [-0.2, 0) is 14.8 Å². The molecule has 1 heterocycles. The number of amides is 1. The first-order valence-corrected chi connectivity index (χ1v) is 11.4. The minimum absolute atomic E-state index is 0.0914. The number of carbonyl (C=O) groups excluding carboxylic acids is 1. The highest BCUT2D eigenvalue weighted by Gasteiger charge is 2.15. The lowest BCUT2D eigenvalue weighted by atomic mass is 10.2. The van der Waals surface area contributed by atoms with E-state index in [0.29, 0.717) is 5.69 Å². The molecule has 5 nitrogen and oxygen atoms in total. The van der Waals surface area contributed by atoms with Gasteiger partial charge in [0.1, 0.15) is 4.21 Å². The van der Waals surface area contributed by atoms with Crippen molar-refractivity contribution in [2.75, 3.05) is 15.8 Å². The monoisotopic (exact) mass is 418 g/mol. The van der Waals surface area contributed by atoms with E-state index in [4.69, 9.17) is 0 Å². The van der Waals surface area contributed by atoms with Crippen molar-refractivity contribution in [3.8, 4) is 0 Å². The van der Waals surface area contributed by atoms with Crippen LogP contribution in [0.15, 0.2) is 75.1 Å².